The lowest BCUT2D eigenvalue weighted by molar-refractivity contribution is -0.142. The van der Waals surface area contributed by atoms with Gasteiger partial charge in [-0.15, -0.1) is 0 Å². The van der Waals surface area contributed by atoms with Crippen LogP contribution >= 0.6 is 0 Å². The molecule has 3 rings (SSSR count). The molecule has 7 heteroatoms. The third-order valence-corrected chi connectivity index (χ3v) is 3.42. The molecule has 0 spiro atoms. The number of rotatable bonds is 1. The van der Waals surface area contributed by atoms with Gasteiger partial charge >= 0.3 is 6.18 Å². The number of halogens is 4. The summed E-state index contributed by atoms with van der Waals surface area (Å²) >= 11 is 0. The molecule has 3 aromatic rings. The van der Waals surface area contributed by atoms with Crippen molar-refractivity contribution >= 4 is 22.5 Å². The van der Waals surface area contributed by atoms with Gasteiger partial charge in [0, 0.05) is 11.1 Å². The fraction of sp³-hybridized carbons (Fsp3) is 0.0625. The Balaban J connectivity index is 2.31. The summed E-state index contributed by atoms with van der Waals surface area (Å²) in [5, 5.41) is 0.155. The molecular weight excluding hydrogens is 312 g/mol. The number of alkyl halides is 3. The molecule has 1 heterocycles. The topological polar surface area (TPSA) is 48.0 Å². The molecule has 1 aromatic heterocycles. The lowest BCUT2D eigenvalue weighted by Gasteiger charge is -2.12. The first-order valence-corrected chi connectivity index (χ1v) is 6.56. The molecule has 0 aliphatic heterocycles. The number of carbonyl (C=O) groups is 1. The van der Waals surface area contributed by atoms with Crippen LogP contribution < -0.4 is 5.73 Å². The number of hydrogen-bond donors (Lipinski definition) is 1. The van der Waals surface area contributed by atoms with Crippen LogP contribution in [-0.4, -0.2) is 10.5 Å². The summed E-state index contributed by atoms with van der Waals surface area (Å²) in [6.07, 6.45) is -4.77. The van der Waals surface area contributed by atoms with Gasteiger partial charge in [0.2, 0.25) is 0 Å². The second-order valence-electron chi connectivity index (χ2n) is 4.97. The van der Waals surface area contributed by atoms with Gasteiger partial charge in [-0.25, -0.2) is 4.39 Å². The van der Waals surface area contributed by atoms with Crippen LogP contribution in [-0.2, 0) is 6.18 Å². The number of carbonyl (C=O) groups excluding carboxylic acids is 1. The number of hydrogen-bond acceptors (Lipinski definition) is 2. The van der Waals surface area contributed by atoms with Gasteiger partial charge in [-0.2, -0.15) is 13.2 Å². The third-order valence-electron chi connectivity index (χ3n) is 3.42. The maximum atomic E-state index is 13.8. The van der Waals surface area contributed by atoms with Gasteiger partial charge in [0.05, 0.1) is 11.1 Å². The van der Waals surface area contributed by atoms with E-state index < -0.39 is 29.2 Å². The zero-order chi connectivity index (χ0) is 16.8. The van der Waals surface area contributed by atoms with Gasteiger partial charge in [0.15, 0.2) is 0 Å². The summed E-state index contributed by atoms with van der Waals surface area (Å²) in [5.41, 5.74) is 4.23. The van der Waals surface area contributed by atoms with Crippen molar-refractivity contribution in [2.24, 2.45) is 0 Å². The third kappa shape index (κ3) is 2.54. The molecule has 2 N–H and O–H groups in total. The molecule has 0 unspecified atom stereocenters. The Morgan fingerprint density at radius 1 is 1.04 bits per heavy atom. The van der Waals surface area contributed by atoms with Gasteiger partial charge in [-0.05, 0) is 36.4 Å². The molecule has 23 heavy (non-hydrogen) atoms. The standard InChI is InChI=1S/C16H10F4N2O/c17-12-4-2-1-3-11(12)15(23)22-13-6-5-10(21)7-9(13)8-14(22)16(18,19)20/h1-8H,21H2. The van der Waals surface area contributed by atoms with E-state index in [2.05, 4.69) is 0 Å². The molecule has 0 saturated carbocycles. The Hall–Kier alpha value is -2.83. The van der Waals surface area contributed by atoms with E-state index in [-0.39, 0.29) is 16.6 Å². The van der Waals surface area contributed by atoms with Crippen molar-refractivity contribution in [3.63, 3.8) is 0 Å². The molecule has 2 aromatic carbocycles. The highest BCUT2D eigenvalue weighted by molar-refractivity contribution is 6.03. The first-order chi connectivity index (χ1) is 10.8. The highest BCUT2D eigenvalue weighted by Crippen LogP contribution is 2.35. The van der Waals surface area contributed by atoms with Crippen LogP contribution in [0.25, 0.3) is 10.9 Å². The van der Waals surface area contributed by atoms with E-state index in [1.54, 1.807) is 0 Å². The molecule has 0 saturated heterocycles. The normalized spacial score (nSPS) is 11.8. The second-order valence-corrected chi connectivity index (χ2v) is 4.97. The van der Waals surface area contributed by atoms with E-state index >= 15 is 0 Å². The van der Waals surface area contributed by atoms with E-state index in [0.29, 0.717) is 4.57 Å². The minimum atomic E-state index is -4.77. The molecule has 0 bridgehead atoms. The molecule has 0 amide bonds. The minimum absolute atomic E-state index is 0.0137. The van der Waals surface area contributed by atoms with Crippen molar-refractivity contribution in [3.8, 4) is 0 Å². The van der Waals surface area contributed by atoms with E-state index in [1.807, 2.05) is 0 Å². The fourth-order valence-electron chi connectivity index (χ4n) is 2.42. The number of nitrogen functional groups attached to an aromatic ring is 1. The zero-order valence-electron chi connectivity index (χ0n) is 11.6. The van der Waals surface area contributed by atoms with Crippen LogP contribution in [0.2, 0.25) is 0 Å². The highest BCUT2D eigenvalue weighted by atomic mass is 19.4. The van der Waals surface area contributed by atoms with Gasteiger partial charge in [0.25, 0.3) is 5.91 Å². The van der Waals surface area contributed by atoms with E-state index in [4.69, 9.17) is 5.73 Å². The number of benzene rings is 2. The summed E-state index contributed by atoms with van der Waals surface area (Å²) in [6, 6.07) is 9.73. The lowest BCUT2D eigenvalue weighted by atomic mass is 10.2. The summed E-state index contributed by atoms with van der Waals surface area (Å²) in [5.74, 6) is -1.97. The first-order valence-electron chi connectivity index (χ1n) is 6.56. The Morgan fingerprint density at radius 2 is 1.74 bits per heavy atom. The molecule has 0 radical (unpaired) electrons. The maximum Gasteiger partial charge on any atom is 0.431 e. The quantitative estimate of drug-likeness (QED) is 0.542. The van der Waals surface area contributed by atoms with Crippen molar-refractivity contribution in [1.82, 2.24) is 4.57 Å². The van der Waals surface area contributed by atoms with Crippen molar-refractivity contribution in [1.29, 1.82) is 0 Å². The second kappa shape index (κ2) is 5.12. The lowest BCUT2D eigenvalue weighted by Crippen LogP contribution is -2.21. The number of nitrogens with zero attached hydrogens (tertiary/aromatic N) is 1. The number of nitrogens with two attached hydrogens (primary N) is 1. The van der Waals surface area contributed by atoms with E-state index in [9.17, 15) is 22.4 Å². The number of anilines is 1. The van der Waals surface area contributed by atoms with E-state index in [1.165, 1.54) is 30.3 Å². The average molecular weight is 322 g/mol. The Morgan fingerprint density at radius 3 is 2.39 bits per heavy atom. The molecule has 0 atom stereocenters. The molecule has 3 nitrogen and oxygen atoms in total. The van der Waals surface area contributed by atoms with Gasteiger partial charge < -0.3 is 5.73 Å². The Bertz CT molecular complexity index is 912. The zero-order valence-corrected chi connectivity index (χ0v) is 11.6. The SMILES string of the molecule is Nc1ccc2c(c1)cc(C(F)(F)F)n2C(=O)c1ccccc1F. The minimum Gasteiger partial charge on any atom is -0.399 e. The van der Waals surface area contributed by atoms with Crippen LogP contribution in [0.5, 0.6) is 0 Å². The molecule has 0 aliphatic carbocycles. The maximum absolute atomic E-state index is 13.8. The predicted molar refractivity (Wildman–Crippen MR) is 77.5 cm³/mol. The average Bonchev–Trinajstić information content (AvgIpc) is 2.85. The fourth-order valence-corrected chi connectivity index (χ4v) is 2.42. The first kappa shape index (κ1) is 15.1. The van der Waals surface area contributed by atoms with Crippen LogP contribution in [0.15, 0.2) is 48.5 Å². The van der Waals surface area contributed by atoms with Crippen molar-refractivity contribution < 1.29 is 22.4 Å². The van der Waals surface area contributed by atoms with Gasteiger partial charge in [-0.1, -0.05) is 12.1 Å². The smallest absolute Gasteiger partial charge is 0.399 e. The highest BCUT2D eigenvalue weighted by Gasteiger charge is 2.37. The van der Waals surface area contributed by atoms with Gasteiger partial charge in [0.1, 0.15) is 11.5 Å². The van der Waals surface area contributed by atoms with Crippen molar-refractivity contribution in [2.75, 3.05) is 5.73 Å². The van der Waals surface area contributed by atoms with Crippen molar-refractivity contribution in [3.05, 3.63) is 65.6 Å². The van der Waals surface area contributed by atoms with Gasteiger partial charge in [-0.3, -0.25) is 9.36 Å². The largest absolute Gasteiger partial charge is 0.431 e. The summed E-state index contributed by atoms with van der Waals surface area (Å²) in [7, 11) is 0. The Kier molecular flexibility index (Phi) is 3.35. The summed E-state index contributed by atoms with van der Waals surface area (Å²) in [4.78, 5) is 12.5. The molecule has 118 valence electrons. The molecule has 0 fully saturated rings. The van der Waals surface area contributed by atoms with Crippen molar-refractivity contribution in [2.45, 2.75) is 6.18 Å². The monoisotopic (exact) mass is 322 g/mol. The van der Waals surface area contributed by atoms with Crippen LogP contribution in [0, 0.1) is 5.82 Å². The summed E-state index contributed by atoms with van der Waals surface area (Å²) in [6.45, 7) is 0. The van der Waals surface area contributed by atoms with Crippen LogP contribution in [0.3, 0.4) is 0 Å². The number of fused-ring (bicyclic) bond motifs is 1. The summed E-state index contributed by atoms with van der Waals surface area (Å²) < 4.78 is 54.1. The Labute approximate surface area is 127 Å². The number of aromatic nitrogens is 1. The predicted octanol–water partition coefficient (Wildman–Crippen LogP) is 4.07. The molecular formula is C16H10F4N2O. The van der Waals surface area contributed by atoms with Crippen LogP contribution in [0.1, 0.15) is 16.1 Å². The van der Waals surface area contributed by atoms with E-state index in [0.717, 1.165) is 18.2 Å². The van der Waals surface area contributed by atoms with Crippen LogP contribution in [0.4, 0.5) is 23.2 Å². The molecule has 0 aliphatic rings.